The number of ether oxygens (including phenoxy) is 2. The third-order valence-electron chi connectivity index (χ3n) is 3.49. The van der Waals surface area contributed by atoms with Gasteiger partial charge in [-0.15, -0.1) is 0 Å². The molecule has 1 aromatic rings. The van der Waals surface area contributed by atoms with Crippen molar-refractivity contribution in [2.75, 3.05) is 27.3 Å². The zero-order valence-corrected chi connectivity index (χ0v) is 13.0. The van der Waals surface area contributed by atoms with E-state index in [0.29, 0.717) is 0 Å². The summed E-state index contributed by atoms with van der Waals surface area (Å²) < 4.78 is 10.8. The topological polar surface area (TPSA) is 30.5 Å². The Morgan fingerprint density at radius 1 is 1.10 bits per heavy atom. The normalized spacial score (nSPS) is 14.7. The minimum Gasteiger partial charge on any atom is -0.497 e. The number of hydrogen-bond acceptors (Lipinski definition) is 3. The maximum absolute atomic E-state index is 5.54. The van der Waals surface area contributed by atoms with E-state index < -0.39 is 0 Å². The van der Waals surface area contributed by atoms with Crippen molar-refractivity contribution in [1.82, 2.24) is 5.32 Å². The van der Waals surface area contributed by atoms with Gasteiger partial charge in [-0.05, 0) is 42.8 Å². The van der Waals surface area contributed by atoms with E-state index >= 15 is 0 Å². The molecular weight excluding hydrogens is 262 g/mol. The maximum Gasteiger partial charge on any atom is 0.126 e. The van der Waals surface area contributed by atoms with Crippen molar-refractivity contribution in [2.45, 2.75) is 13.3 Å². The van der Waals surface area contributed by atoms with Gasteiger partial charge in [-0.1, -0.05) is 30.7 Å². The Morgan fingerprint density at radius 2 is 1.86 bits per heavy atom. The van der Waals surface area contributed by atoms with Crippen molar-refractivity contribution in [1.29, 1.82) is 0 Å². The van der Waals surface area contributed by atoms with Gasteiger partial charge in [-0.2, -0.15) is 0 Å². The molecule has 3 nitrogen and oxygen atoms in total. The average Bonchev–Trinajstić information content (AvgIpc) is 2.75. The van der Waals surface area contributed by atoms with Gasteiger partial charge in [0, 0.05) is 12.1 Å². The zero-order chi connectivity index (χ0) is 15.1. The summed E-state index contributed by atoms with van der Waals surface area (Å²) in [6, 6.07) is 8.07. The molecule has 0 amide bonds. The van der Waals surface area contributed by atoms with E-state index in [4.69, 9.17) is 9.47 Å². The average molecular weight is 285 g/mol. The molecule has 0 atom stereocenters. The first kappa shape index (κ1) is 15.4. The highest BCUT2D eigenvalue weighted by atomic mass is 16.5. The molecule has 0 saturated carbocycles. The summed E-state index contributed by atoms with van der Waals surface area (Å²) in [5, 5.41) is 3.38. The number of allylic oxidation sites excluding steroid dienone is 4. The highest BCUT2D eigenvalue weighted by Crippen LogP contribution is 2.28. The monoisotopic (exact) mass is 285 g/mol. The van der Waals surface area contributed by atoms with Crippen LogP contribution < -0.4 is 10.1 Å². The summed E-state index contributed by atoms with van der Waals surface area (Å²) in [6.45, 7) is 3.99. The van der Waals surface area contributed by atoms with Gasteiger partial charge in [0.25, 0.3) is 0 Å². The molecule has 0 radical (unpaired) electrons. The van der Waals surface area contributed by atoms with Crippen LogP contribution in [0.3, 0.4) is 0 Å². The third-order valence-corrected chi connectivity index (χ3v) is 3.49. The lowest BCUT2D eigenvalue weighted by Gasteiger charge is -2.10. The molecule has 3 heteroatoms. The van der Waals surface area contributed by atoms with Gasteiger partial charge in [0.1, 0.15) is 11.5 Å². The van der Waals surface area contributed by atoms with Crippen LogP contribution in [0.15, 0.2) is 53.8 Å². The summed E-state index contributed by atoms with van der Waals surface area (Å²) in [4.78, 5) is 0. The summed E-state index contributed by atoms with van der Waals surface area (Å²) >= 11 is 0. The minimum atomic E-state index is 0.860. The molecule has 0 saturated heterocycles. The number of benzene rings is 1. The van der Waals surface area contributed by atoms with E-state index in [-0.39, 0.29) is 0 Å². The quantitative estimate of drug-likeness (QED) is 0.867. The Hall–Kier alpha value is -2.00. The van der Waals surface area contributed by atoms with E-state index in [1.54, 1.807) is 14.2 Å². The predicted octanol–water partition coefficient (Wildman–Crippen LogP) is 3.55. The Labute approximate surface area is 127 Å². The number of likely N-dealkylation sites (N-methyl/N-ethyl adjacent to an activating group) is 1. The lowest BCUT2D eigenvalue weighted by molar-refractivity contribution is 0.309. The molecule has 1 N–H and O–H groups in total. The molecule has 1 aliphatic carbocycles. The minimum absolute atomic E-state index is 0.860. The smallest absolute Gasteiger partial charge is 0.126 e. The van der Waals surface area contributed by atoms with Gasteiger partial charge < -0.3 is 14.8 Å². The van der Waals surface area contributed by atoms with Crippen molar-refractivity contribution in [3.05, 3.63) is 59.4 Å². The van der Waals surface area contributed by atoms with Crippen LogP contribution in [0.2, 0.25) is 0 Å². The summed E-state index contributed by atoms with van der Waals surface area (Å²) in [5.41, 5.74) is 3.60. The van der Waals surface area contributed by atoms with Gasteiger partial charge in [-0.25, -0.2) is 0 Å². The van der Waals surface area contributed by atoms with Crippen molar-refractivity contribution in [2.24, 2.45) is 0 Å². The Bertz CT molecular complexity index is 553. The molecule has 1 aromatic carbocycles. The van der Waals surface area contributed by atoms with Gasteiger partial charge >= 0.3 is 0 Å². The van der Waals surface area contributed by atoms with Crippen molar-refractivity contribution < 1.29 is 9.47 Å². The number of rotatable bonds is 6. The molecule has 0 unspecified atom stereocenters. The van der Waals surface area contributed by atoms with Crippen LogP contribution in [-0.4, -0.2) is 27.3 Å². The number of nitrogens with one attached hydrogen (secondary N) is 1. The van der Waals surface area contributed by atoms with Gasteiger partial charge in [-0.3, -0.25) is 0 Å². The molecule has 112 valence electrons. The second-order valence-electron chi connectivity index (χ2n) is 4.90. The van der Waals surface area contributed by atoms with Crippen LogP contribution in [0.25, 0.3) is 5.57 Å². The zero-order valence-electron chi connectivity index (χ0n) is 13.0. The first-order chi connectivity index (χ1) is 10.3. The fourth-order valence-corrected chi connectivity index (χ4v) is 2.32. The second kappa shape index (κ2) is 7.70. The van der Waals surface area contributed by atoms with Gasteiger partial charge in [0.05, 0.1) is 14.2 Å². The summed E-state index contributed by atoms with van der Waals surface area (Å²) in [6.07, 6.45) is 7.37. The van der Waals surface area contributed by atoms with Crippen LogP contribution in [0.4, 0.5) is 0 Å². The van der Waals surface area contributed by atoms with Crippen LogP contribution in [-0.2, 0) is 4.74 Å². The molecule has 21 heavy (non-hydrogen) atoms. The van der Waals surface area contributed by atoms with Gasteiger partial charge in [0.2, 0.25) is 0 Å². The fraction of sp³-hybridized carbons (Fsp3) is 0.333. The molecule has 0 spiro atoms. The lowest BCUT2D eigenvalue weighted by Crippen LogP contribution is -2.15. The Kier molecular flexibility index (Phi) is 5.64. The van der Waals surface area contributed by atoms with E-state index in [9.17, 15) is 0 Å². The maximum atomic E-state index is 5.54. The van der Waals surface area contributed by atoms with E-state index in [0.717, 1.165) is 42.2 Å². The first-order valence-electron chi connectivity index (χ1n) is 7.28. The second-order valence-corrected chi connectivity index (χ2v) is 4.90. The highest BCUT2D eigenvalue weighted by molar-refractivity contribution is 5.78. The van der Waals surface area contributed by atoms with Crippen LogP contribution >= 0.6 is 0 Å². The molecule has 2 rings (SSSR count). The van der Waals surface area contributed by atoms with E-state index in [1.807, 2.05) is 12.1 Å². The number of methoxy groups -OCH3 is 2. The number of hydrogen-bond donors (Lipinski definition) is 1. The lowest BCUT2D eigenvalue weighted by atomic mass is 10.0. The molecular formula is C18H23NO2. The van der Waals surface area contributed by atoms with E-state index in [1.165, 1.54) is 5.57 Å². The van der Waals surface area contributed by atoms with E-state index in [2.05, 4.69) is 42.6 Å². The largest absolute Gasteiger partial charge is 0.497 e. The standard InChI is InChI=1S/C18H23NO2/c1-4-19-13-14-6-5-7-18(21-3)17(12-14)15-8-10-16(20-2)11-9-15/h5,7-12,19H,4,6,13H2,1-3H3. The third kappa shape index (κ3) is 3.99. The highest BCUT2D eigenvalue weighted by Gasteiger charge is 2.10. The van der Waals surface area contributed by atoms with Crippen molar-refractivity contribution >= 4 is 5.57 Å². The first-order valence-corrected chi connectivity index (χ1v) is 7.28. The SMILES string of the molecule is CCNCC1=CC(c2ccc(OC)cc2)=C(OC)C=CC1. The molecule has 1 aliphatic rings. The molecule has 0 bridgehead atoms. The summed E-state index contributed by atoms with van der Waals surface area (Å²) in [7, 11) is 3.39. The van der Waals surface area contributed by atoms with Crippen molar-refractivity contribution in [3.63, 3.8) is 0 Å². The fourth-order valence-electron chi connectivity index (χ4n) is 2.32. The molecule has 0 aromatic heterocycles. The molecule has 0 fully saturated rings. The van der Waals surface area contributed by atoms with Gasteiger partial charge in [0.15, 0.2) is 0 Å². The van der Waals surface area contributed by atoms with Crippen LogP contribution in [0.1, 0.15) is 18.9 Å². The van der Waals surface area contributed by atoms with Crippen molar-refractivity contribution in [3.8, 4) is 5.75 Å². The predicted molar refractivity (Wildman–Crippen MR) is 87.3 cm³/mol. The molecule has 0 aliphatic heterocycles. The Balaban J connectivity index is 2.37. The Morgan fingerprint density at radius 3 is 2.48 bits per heavy atom. The van der Waals surface area contributed by atoms with Crippen LogP contribution in [0.5, 0.6) is 5.75 Å². The molecule has 0 heterocycles. The van der Waals surface area contributed by atoms with Crippen LogP contribution in [0, 0.1) is 0 Å². The summed E-state index contributed by atoms with van der Waals surface area (Å²) in [5.74, 6) is 1.76.